The van der Waals surface area contributed by atoms with Gasteiger partial charge in [-0.15, -0.1) is 0 Å². The number of hydrogen-bond acceptors (Lipinski definition) is 4. The van der Waals surface area contributed by atoms with Gasteiger partial charge in [-0.1, -0.05) is 48.5 Å². The molecule has 4 rings (SSSR count). The summed E-state index contributed by atoms with van der Waals surface area (Å²) in [7, 11) is 0. The summed E-state index contributed by atoms with van der Waals surface area (Å²) in [5.41, 5.74) is 4.50. The number of hydrogen-bond donors (Lipinski definition) is 2. The molecule has 0 aromatic heterocycles. The third-order valence-corrected chi connectivity index (χ3v) is 6.86. The van der Waals surface area contributed by atoms with E-state index < -0.39 is 18.1 Å². The van der Waals surface area contributed by atoms with Gasteiger partial charge in [0.25, 0.3) is 0 Å². The number of nitrogens with zero attached hydrogens (tertiary/aromatic N) is 1. The third-order valence-electron chi connectivity index (χ3n) is 6.86. The second-order valence-corrected chi connectivity index (χ2v) is 8.89. The molecule has 2 aromatic rings. The minimum atomic E-state index is -1.07. The van der Waals surface area contributed by atoms with Crippen molar-refractivity contribution in [3.63, 3.8) is 0 Å². The van der Waals surface area contributed by atoms with Crippen LogP contribution in [0, 0.1) is 5.92 Å². The van der Waals surface area contributed by atoms with Crippen molar-refractivity contribution in [3.05, 3.63) is 59.7 Å². The summed E-state index contributed by atoms with van der Waals surface area (Å²) >= 11 is 0. The fourth-order valence-electron chi connectivity index (χ4n) is 4.98. The average Bonchev–Trinajstić information content (AvgIpc) is 3.14. The minimum Gasteiger partial charge on any atom is -0.480 e. The van der Waals surface area contributed by atoms with Gasteiger partial charge in [0.2, 0.25) is 5.91 Å². The maximum absolute atomic E-state index is 12.5. The highest BCUT2D eigenvalue weighted by molar-refractivity contribution is 5.81. The van der Waals surface area contributed by atoms with Gasteiger partial charge in [-0.25, -0.2) is 9.59 Å². The molecular formula is C26H30N2O5. The van der Waals surface area contributed by atoms with Crippen molar-refractivity contribution in [2.75, 3.05) is 19.7 Å². The van der Waals surface area contributed by atoms with Gasteiger partial charge in [0.1, 0.15) is 12.6 Å². The van der Waals surface area contributed by atoms with Gasteiger partial charge in [0.15, 0.2) is 0 Å². The zero-order valence-electron chi connectivity index (χ0n) is 18.8. The molecule has 2 aromatic carbocycles. The van der Waals surface area contributed by atoms with Crippen LogP contribution in [0.15, 0.2) is 48.5 Å². The number of amides is 2. The van der Waals surface area contributed by atoms with Crippen LogP contribution in [0.2, 0.25) is 0 Å². The highest BCUT2D eigenvalue weighted by atomic mass is 16.5. The first-order chi connectivity index (χ1) is 15.9. The Kier molecular flexibility index (Phi) is 6.96. The lowest BCUT2D eigenvalue weighted by Gasteiger charge is -2.31. The van der Waals surface area contributed by atoms with E-state index in [4.69, 9.17) is 4.74 Å². The molecule has 1 heterocycles. The van der Waals surface area contributed by atoms with Crippen LogP contribution in [0.1, 0.15) is 49.7 Å². The van der Waals surface area contributed by atoms with E-state index >= 15 is 0 Å². The van der Waals surface area contributed by atoms with Crippen LogP contribution in [0.25, 0.3) is 11.1 Å². The molecular weight excluding hydrogens is 420 g/mol. The number of aliphatic carboxylic acids is 1. The SMILES string of the molecule is CC(=O)N1CCC(CC[C@H](NC(=O)OCC2c3ccccc3-c3ccccc32)C(=O)O)CC1. The molecule has 1 saturated heterocycles. The molecule has 2 N–H and O–H groups in total. The van der Waals surface area contributed by atoms with Gasteiger partial charge in [-0.3, -0.25) is 4.79 Å². The number of carbonyl (C=O) groups is 3. The summed E-state index contributed by atoms with van der Waals surface area (Å²) in [5.74, 6) is -0.705. The predicted molar refractivity (Wildman–Crippen MR) is 124 cm³/mol. The molecule has 2 aliphatic rings. The Hall–Kier alpha value is -3.35. The second kappa shape index (κ2) is 10.1. The Balaban J connectivity index is 1.30. The predicted octanol–water partition coefficient (Wildman–Crippen LogP) is 4.02. The lowest BCUT2D eigenvalue weighted by molar-refractivity contribution is -0.139. The topological polar surface area (TPSA) is 95.9 Å². The standard InChI is InChI=1S/C26H30N2O5/c1-17(29)28-14-12-18(13-15-28)10-11-24(25(30)31)27-26(32)33-16-23-21-8-4-2-6-19(21)20-7-3-5-9-22(20)23/h2-9,18,23-24H,10-16H2,1H3,(H,27,32)(H,30,31)/t24-/m0/s1. The van der Waals surface area contributed by atoms with E-state index in [0.717, 1.165) is 35.1 Å². The van der Waals surface area contributed by atoms with Gasteiger partial charge in [-0.2, -0.15) is 0 Å². The van der Waals surface area contributed by atoms with E-state index in [0.29, 0.717) is 31.8 Å². The molecule has 1 fully saturated rings. The van der Waals surface area contributed by atoms with E-state index in [1.807, 2.05) is 41.3 Å². The number of alkyl carbamates (subject to hydrolysis) is 1. The van der Waals surface area contributed by atoms with Crippen LogP contribution in [-0.2, 0) is 14.3 Å². The number of ether oxygens (including phenoxy) is 1. The van der Waals surface area contributed by atoms with Crippen molar-refractivity contribution in [3.8, 4) is 11.1 Å². The van der Waals surface area contributed by atoms with Crippen molar-refractivity contribution >= 4 is 18.0 Å². The molecule has 2 amide bonds. The quantitative estimate of drug-likeness (QED) is 0.664. The summed E-state index contributed by atoms with van der Waals surface area (Å²) in [6, 6.07) is 15.1. The molecule has 0 spiro atoms. The number of likely N-dealkylation sites (tertiary alicyclic amines) is 1. The normalized spacial score (nSPS) is 16.6. The van der Waals surface area contributed by atoms with Gasteiger partial charge >= 0.3 is 12.1 Å². The molecule has 7 heteroatoms. The Morgan fingerprint density at radius 3 is 2.15 bits per heavy atom. The maximum Gasteiger partial charge on any atom is 0.407 e. The molecule has 0 bridgehead atoms. The highest BCUT2D eigenvalue weighted by Crippen LogP contribution is 2.44. The summed E-state index contributed by atoms with van der Waals surface area (Å²) in [6.45, 7) is 3.13. The number of rotatable bonds is 7. The van der Waals surface area contributed by atoms with E-state index in [2.05, 4.69) is 17.4 Å². The highest BCUT2D eigenvalue weighted by Gasteiger charge is 2.30. The number of carboxylic acids is 1. The van der Waals surface area contributed by atoms with Gasteiger partial charge < -0.3 is 20.1 Å². The number of benzene rings is 2. The van der Waals surface area contributed by atoms with Crippen molar-refractivity contribution in [1.82, 2.24) is 10.2 Å². The third kappa shape index (κ3) is 5.18. The van der Waals surface area contributed by atoms with Crippen molar-refractivity contribution in [1.29, 1.82) is 0 Å². The first-order valence-corrected chi connectivity index (χ1v) is 11.5. The molecule has 1 aliphatic carbocycles. The Morgan fingerprint density at radius 2 is 1.61 bits per heavy atom. The minimum absolute atomic E-state index is 0.0714. The lowest BCUT2D eigenvalue weighted by Crippen LogP contribution is -2.42. The number of fused-ring (bicyclic) bond motifs is 3. The van der Waals surface area contributed by atoms with Crippen LogP contribution in [0.5, 0.6) is 0 Å². The van der Waals surface area contributed by atoms with E-state index in [1.54, 1.807) is 6.92 Å². The zero-order valence-corrected chi connectivity index (χ0v) is 18.8. The molecule has 0 unspecified atom stereocenters. The summed E-state index contributed by atoms with van der Waals surface area (Å²) < 4.78 is 5.50. The molecule has 174 valence electrons. The van der Waals surface area contributed by atoms with Crippen LogP contribution >= 0.6 is 0 Å². The fraction of sp³-hybridized carbons (Fsp3) is 0.423. The zero-order chi connectivity index (χ0) is 23.4. The smallest absolute Gasteiger partial charge is 0.407 e. The second-order valence-electron chi connectivity index (χ2n) is 8.89. The van der Waals surface area contributed by atoms with Crippen LogP contribution < -0.4 is 5.32 Å². The number of carbonyl (C=O) groups excluding carboxylic acids is 2. The van der Waals surface area contributed by atoms with E-state index in [1.165, 1.54) is 0 Å². The van der Waals surface area contributed by atoms with Gasteiger partial charge in [0, 0.05) is 25.9 Å². The van der Waals surface area contributed by atoms with Crippen LogP contribution in [-0.4, -0.2) is 53.7 Å². The van der Waals surface area contributed by atoms with Crippen molar-refractivity contribution in [2.45, 2.75) is 44.6 Å². The monoisotopic (exact) mass is 450 g/mol. The van der Waals surface area contributed by atoms with Crippen LogP contribution in [0.4, 0.5) is 4.79 Å². The molecule has 0 radical (unpaired) electrons. The maximum atomic E-state index is 12.5. The number of nitrogens with one attached hydrogen (secondary N) is 1. The van der Waals surface area contributed by atoms with Gasteiger partial charge in [-0.05, 0) is 53.9 Å². The summed E-state index contributed by atoms with van der Waals surface area (Å²) in [4.78, 5) is 37.5. The lowest BCUT2D eigenvalue weighted by atomic mass is 9.90. The van der Waals surface area contributed by atoms with Crippen molar-refractivity contribution in [2.24, 2.45) is 5.92 Å². The van der Waals surface area contributed by atoms with E-state index in [9.17, 15) is 19.5 Å². The summed E-state index contributed by atoms with van der Waals surface area (Å²) in [5, 5.41) is 12.1. The average molecular weight is 451 g/mol. The summed E-state index contributed by atoms with van der Waals surface area (Å²) in [6.07, 6.45) is 2.03. The largest absolute Gasteiger partial charge is 0.480 e. The van der Waals surface area contributed by atoms with Crippen LogP contribution in [0.3, 0.4) is 0 Å². The molecule has 7 nitrogen and oxygen atoms in total. The first kappa shape index (κ1) is 22.8. The molecule has 1 aliphatic heterocycles. The first-order valence-electron chi connectivity index (χ1n) is 11.5. The fourth-order valence-corrected chi connectivity index (χ4v) is 4.98. The molecule has 33 heavy (non-hydrogen) atoms. The van der Waals surface area contributed by atoms with E-state index in [-0.39, 0.29) is 18.4 Å². The molecule has 0 saturated carbocycles. The molecule has 1 atom stereocenters. The Labute approximate surface area is 193 Å². The number of piperidine rings is 1. The number of carboxylic acid groups (broad SMARTS) is 1. The van der Waals surface area contributed by atoms with Crippen molar-refractivity contribution < 1.29 is 24.2 Å². The van der Waals surface area contributed by atoms with Gasteiger partial charge in [0.05, 0.1) is 0 Å². The Morgan fingerprint density at radius 1 is 1.03 bits per heavy atom. The Bertz CT molecular complexity index is 983.